The summed E-state index contributed by atoms with van der Waals surface area (Å²) >= 11 is 5.96. The molecule has 4 heteroatoms. The van der Waals surface area contributed by atoms with Crippen LogP contribution in [-0.2, 0) is 5.54 Å². The summed E-state index contributed by atoms with van der Waals surface area (Å²) in [6, 6.07) is 7.85. The fraction of sp³-hybridized carbons (Fsp3) is 0.600. The SMILES string of the molecule is CN(C)CCNC(CO)(c1ccc(Cl)cc1)C1CC1. The third kappa shape index (κ3) is 3.48. The van der Waals surface area contributed by atoms with Crippen LogP contribution in [-0.4, -0.2) is 43.8 Å². The van der Waals surface area contributed by atoms with Gasteiger partial charge in [0.2, 0.25) is 0 Å². The maximum Gasteiger partial charge on any atom is 0.0698 e. The quantitative estimate of drug-likeness (QED) is 0.804. The molecular formula is C15H23ClN2O. The Balaban J connectivity index is 2.16. The average molecular weight is 283 g/mol. The summed E-state index contributed by atoms with van der Waals surface area (Å²) in [4.78, 5) is 2.14. The Labute approximate surface area is 120 Å². The number of nitrogens with zero attached hydrogens (tertiary/aromatic N) is 1. The van der Waals surface area contributed by atoms with Crippen LogP contribution in [0.1, 0.15) is 18.4 Å². The monoisotopic (exact) mass is 282 g/mol. The van der Waals surface area contributed by atoms with Crippen LogP contribution in [0.2, 0.25) is 5.02 Å². The summed E-state index contributed by atoms with van der Waals surface area (Å²) in [7, 11) is 4.11. The van der Waals surface area contributed by atoms with Crippen LogP contribution < -0.4 is 5.32 Å². The number of benzene rings is 1. The minimum absolute atomic E-state index is 0.132. The second-order valence-electron chi connectivity index (χ2n) is 5.64. The molecular weight excluding hydrogens is 260 g/mol. The average Bonchev–Trinajstić information content (AvgIpc) is 3.20. The van der Waals surface area contributed by atoms with Crippen molar-refractivity contribution in [1.82, 2.24) is 10.2 Å². The zero-order valence-electron chi connectivity index (χ0n) is 11.7. The largest absolute Gasteiger partial charge is 0.394 e. The maximum absolute atomic E-state index is 9.97. The van der Waals surface area contributed by atoms with Crippen LogP contribution in [0.3, 0.4) is 0 Å². The van der Waals surface area contributed by atoms with Gasteiger partial charge in [-0.2, -0.15) is 0 Å². The molecule has 0 spiro atoms. The second-order valence-corrected chi connectivity index (χ2v) is 6.08. The molecule has 0 radical (unpaired) electrons. The van der Waals surface area contributed by atoms with Crippen LogP contribution in [0.5, 0.6) is 0 Å². The lowest BCUT2D eigenvalue weighted by Gasteiger charge is -2.34. The van der Waals surface area contributed by atoms with Gasteiger partial charge in [-0.15, -0.1) is 0 Å². The summed E-state index contributed by atoms with van der Waals surface area (Å²) in [5, 5.41) is 14.3. The molecule has 0 amide bonds. The van der Waals surface area contributed by atoms with Crippen LogP contribution in [0.15, 0.2) is 24.3 Å². The van der Waals surface area contributed by atoms with Crippen LogP contribution in [0.4, 0.5) is 0 Å². The highest BCUT2D eigenvalue weighted by Gasteiger charge is 2.45. The first kappa shape index (κ1) is 14.8. The van der Waals surface area contributed by atoms with E-state index in [0.717, 1.165) is 23.7 Å². The van der Waals surface area contributed by atoms with E-state index in [0.29, 0.717) is 5.92 Å². The van der Waals surface area contributed by atoms with Crippen LogP contribution >= 0.6 is 11.6 Å². The minimum atomic E-state index is -0.305. The van der Waals surface area contributed by atoms with Gasteiger partial charge in [0.05, 0.1) is 12.1 Å². The van der Waals surface area contributed by atoms with E-state index < -0.39 is 0 Å². The van der Waals surface area contributed by atoms with Gasteiger partial charge in [0.25, 0.3) is 0 Å². The van der Waals surface area contributed by atoms with E-state index in [-0.39, 0.29) is 12.1 Å². The summed E-state index contributed by atoms with van der Waals surface area (Å²) in [5.74, 6) is 0.529. The molecule has 3 nitrogen and oxygen atoms in total. The van der Waals surface area contributed by atoms with E-state index in [1.165, 1.54) is 12.8 Å². The van der Waals surface area contributed by atoms with Crippen LogP contribution in [0, 0.1) is 5.92 Å². The lowest BCUT2D eigenvalue weighted by Crippen LogP contribution is -2.49. The van der Waals surface area contributed by atoms with Crippen molar-refractivity contribution in [2.24, 2.45) is 5.92 Å². The maximum atomic E-state index is 9.97. The van der Waals surface area contributed by atoms with Gasteiger partial charge in [-0.05, 0) is 50.6 Å². The van der Waals surface area contributed by atoms with Gasteiger partial charge < -0.3 is 15.3 Å². The van der Waals surface area contributed by atoms with E-state index in [4.69, 9.17) is 11.6 Å². The van der Waals surface area contributed by atoms with Gasteiger partial charge in [0.15, 0.2) is 0 Å². The van der Waals surface area contributed by atoms with E-state index in [2.05, 4.69) is 24.3 Å². The van der Waals surface area contributed by atoms with Gasteiger partial charge in [0, 0.05) is 18.1 Å². The fourth-order valence-electron chi connectivity index (χ4n) is 2.58. The molecule has 1 aliphatic rings. The molecule has 0 aromatic heterocycles. The van der Waals surface area contributed by atoms with Gasteiger partial charge in [-0.25, -0.2) is 0 Å². The van der Waals surface area contributed by atoms with E-state index >= 15 is 0 Å². The van der Waals surface area contributed by atoms with Gasteiger partial charge in [-0.3, -0.25) is 0 Å². The molecule has 1 atom stereocenters. The first-order valence-electron chi connectivity index (χ1n) is 6.85. The molecule has 106 valence electrons. The smallest absolute Gasteiger partial charge is 0.0698 e. The number of nitrogens with one attached hydrogen (secondary N) is 1. The molecule has 1 fully saturated rings. The normalized spacial score (nSPS) is 18.6. The highest BCUT2D eigenvalue weighted by Crippen LogP contribution is 2.45. The lowest BCUT2D eigenvalue weighted by molar-refractivity contribution is 0.136. The van der Waals surface area contributed by atoms with Crippen molar-refractivity contribution in [1.29, 1.82) is 0 Å². The molecule has 1 unspecified atom stereocenters. The highest BCUT2D eigenvalue weighted by atomic mass is 35.5. The van der Waals surface area contributed by atoms with Gasteiger partial charge in [0.1, 0.15) is 0 Å². The zero-order chi connectivity index (χ0) is 13.9. The van der Waals surface area contributed by atoms with Gasteiger partial charge >= 0.3 is 0 Å². The molecule has 0 saturated heterocycles. The van der Waals surface area contributed by atoms with Crippen molar-refractivity contribution in [2.45, 2.75) is 18.4 Å². The predicted molar refractivity (Wildman–Crippen MR) is 79.5 cm³/mol. The zero-order valence-corrected chi connectivity index (χ0v) is 12.5. The lowest BCUT2D eigenvalue weighted by atomic mass is 9.85. The van der Waals surface area contributed by atoms with Crippen molar-refractivity contribution >= 4 is 11.6 Å². The van der Waals surface area contributed by atoms with E-state index in [9.17, 15) is 5.11 Å². The number of halogens is 1. The van der Waals surface area contributed by atoms with Crippen molar-refractivity contribution in [3.63, 3.8) is 0 Å². The second kappa shape index (κ2) is 6.23. The number of likely N-dealkylation sites (N-methyl/N-ethyl adjacent to an activating group) is 1. The number of rotatable bonds is 7. The third-order valence-corrected chi connectivity index (χ3v) is 4.13. The van der Waals surface area contributed by atoms with Crippen molar-refractivity contribution < 1.29 is 5.11 Å². The Kier molecular flexibility index (Phi) is 4.85. The number of hydrogen-bond donors (Lipinski definition) is 2. The summed E-state index contributed by atoms with van der Waals surface area (Å²) in [6.45, 7) is 1.96. The summed E-state index contributed by atoms with van der Waals surface area (Å²) in [6.07, 6.45) is 2.36. The standard InChI is InChI=1S/C15H23ClN2O/c1-18(2)10-9-17-15(11-19,12-3-4-12)13-5-7-14(16)8-6-13/h5-8,12,17,19H,3-4,9-11H2,1-2H3. The molecule has 19 heavy (non-hydrogen) atoms. The number of aliphatic hydroxyl groups is 1. The molecule has 0 heterocycles. The molecule has 0 aliphatic heterocycles. The summed E-state index contributed by atoms with van der Waals surface area (Å²) in [5.41, 5.74) is 0.835. The first-order chi connectivity index (χ1) is 9.08. The Bertz CT molecular complexity index is 403. The van der Waals surface area contributed by atoms with Gasteiger partial charge in [-0.1, -0.05) is 23.7 Å². The minimum Gasteiger partial charge on any atom is -0.394 e. The Morgan fingerprint density at radius 2 is 1.95 bits per heavy atom. The molecule has 0 bridgehead atoms. The van der Waals surface area contributed by atoms with Crippen molar-refractivity contribution in [3.05, 3.63) is 34.9 Å². The Hall–Kier alpha value is -0.610. The summed E-state index contributed by atoms with van der Waals surface area (Å²) < 4.78 is 0. The number of hydrogen-bond acceptors (Lipinski definition) is 3. The molecule has 1 aliphatic carbocycles. The molecule has 2 rings (SSSR count). The van der Waals surface area contributed by atoms with Crippen molar-refractivity contribution in [3.8, 4) is 0 Å². The van der Waals surface area contributed by atoms with E-state index in [1.807, 2.05) is 24.3 Å². The topological polar surface area (TPSA) is 35.5 Å². The molecule has 2 N–H and O–H groups in total. The molecule has 1 aromatic rings. The Morgan fingerprint density at radius 3 is 2.42 bits per heavy atom. The fourth-order valence-corrected chi connectivity index (χ4v) is 2.71. The third-order valence-electron chi connectivity index (χ3n) is 3.88. The molecule has 1 saturated carbocycles. The number of aliphatic hydroxyl groups excluding tert-OH is 1. The highest BCUT2D eigenvalue weighted by molar-refractivity contribution is 6.30. The van der Waals surface area contributed by atoms with Crippen LogP contribution in [0.25, 0.3) is 0 Å². The van der Waals surface area contributed by atoms with E-state index in [1.54, 1.807) is 0 Å². The Morgan fingerprint density at radius 1 is 1.32 bits per heavy atom. The molecule has 1 aromatic carbocycles. The van der Waals surface area contributed by atoms with Crippen molar-refractivity contribution in [2.75, 3.05) is 33.8 Å². The first-order valence-corrected chi connectivity index (χ1v) is 7.23. The predicted octanol–water partition coefficient (Wildman–Crippen LogP) is 2.09.